The Hall–Kier alpha value is -0.120. The quantitative estimate of drug-likeness (QED) is 0.703. The van der Waals surface area contributed by atoms with Crippen molar-refractivity contribution in [3.63, 3.8) is 0 Å². The Morgan fingerprint density at radius 1 is 1.50 bits per heavy atom. The summed E-state index contributed by atoms with van der Waals surface area (Å²) < 4.78 is 0. The molecular weight excluding hydrogens is 176 g/mol. The smallest absolute Gasteiger partial charge is 0.0599 e. The molecule has 0 radical (unpaired) electrons. The first-order chi connectivity index (χ1) is 6.63. The van der Waals surface area contributed by atoms with E-state index in [-0.39, 0.29) is 6.61 Å². The molecule has 0 aromatic rings. The molecule has 1 aliphatic rings. The van der Waals surface area contributed by atoms with E-state index in [4.69, 9.17) is 0 Å². The van der Waals surface area contributed by atoms with Crippen LogP contribution >= 0.6 is 0 Å². The lowest BCUT2D eigenvalue weighted by molar-refractivity contribution is 0.120. The highest BCUT2D eigenvalue weighted by Gasteiger charge is 2.22. The number of aliphatic hydroxyl groups is 1. The fourth-order valence-corrected chi connectivity index (χ4v) is 2.00. The predicted octanol–water partition coefficient (Wildman–Crippen LogP) is 0.687. The van der Waals surface area contributed by atoms with Gasteiger partial charge in [0.05, 0.1) is 6.61 Å². The second kappa shape index (κ2) is 5.69. The Kier molecular flexibility index (Phi) is 4.85. The lowest BCUT2D eigenvalue weighted by atomic mass is 10.1. The normalized spacial score (nSPS) is 30.6. The summed E-state index contributed by atoms with van der Waals surface area (Å²) in [7, 11) is 0. The van der Waals surface area contributed by atoms with Crippen molar-refractivity contribution in [3.05, 3.63) is 0 Å². The second-order valence-corrected chi connectivity index (χ2v) is 4.82. The van der Waals surface area contributed by atoms with E-state index < -0.39 is 0 Å². The van der Waals surface area contributed by atoms with Crippen LogP contribution < -0.4 is 5.32 Å². The van der Waals surface area contributed by atoms with Gasteiger partial charge in [-0.1, -0.05) is 13.8 Å². The van der Waals surface area contributed by atoms with E-state index in [1.54, 1.807) is 0 Å². The summed E-state index contributed by atoms with van der Waals surface area (Å²) in [6.07, 6.45) is 1.18. The maximum Gasteiger partial charge on any atom is 0.0599 e. The highest BCUT2D eigenvalue weighted by molar-refractivity contribution is 4.80. The molecule has 2 unspecified atom stereocenters. The molecular formula is C11H24N2O. The third kappa shape index (κ3) is 3.56. The van der Waals surface area contributed by atoms with Crippen LogP contribution in [0, 0.1) is 5.92 Å². The third-order valence-corrected chi connectivity index (χ3v) is 2.88. The topological polar surface area (TPSA) is 35.5 Å². The molecule has 1 aliphatic heterocycles. The molecule has 84 valence electrons. The third-order valence-electron chi connectivity index (χ3n) is 2.88. The van der Waals surface area contributed by atoms with Gasteiger partial charge in [-0.15, -0.1) is 0 Å². The van der Waals surface area contributed by atoms with Crippen LogP contribution in [-0.4, -0.2) is 48.3 Å². The van der Waals surface area contributed by atoms with E-state index >= 15 is 0 Å². The van der Waals surface area contributed by atoms with Crippen molar-refractivity contribution in [1.82, 2.24) is 10.2 Å². The van der Waals surface area contributed by atoms with E-state index in [1.165, 1.54) is 6.42 Å². The van der Waals surface area contributed by atoms with Gasteiger partial charge in [-0.25, -0.2) is 0 Å². The fourth-order valence-electron chi connectivity index (χ4n) is 2.00. The zero-order chi connectivity index (χ0) is 10.6. The minimum absolute atomic E-state index is 0.270. The Morgan fingerprint density at radius 3 is 2.79 bits per heavy atom. The molecule has 3 nitrogen and oxygen atoms in total. The Balaban J connectivity index is 2.50. The molecule has 2 atom stereocenters. The van der Waals surface area contributed by atoms with Crippen molar-refractivity contribution in [2.24, 2.45) is 5.92 Å². The lowest BCUT2D eigenvalue weighted by Crippen LogP contribution is -2.44. The average Bonchev–Trinajstić information content (AvgIpc) is 2.28. The molecule has 0 spiro atoms. The number of rotatable bonds is 3. The van der Waals surface area contributed by atoms with Crippen molar-refractivity contribution >= 4 is 0 Å². The van der Waals surface area contributed by atoms with Crippen LogP contribution in [0.4, 0.5) is 0 Å². The first kappa shape index (κ1) is 12.0. The van der Waals surface area contributed by atoms with Crippen molar-refractivity contribution < 1.29 is 5.11 Å². The van der Waals surface area contributed by atoms with Gasteiger partial charge in [-0.2, -0.15) is 0 Å². The van der Waals surface area contributed by atoms with Gasteiger partial charge in [0.1, 0.15) is 0 Å². The molecule has 0 saturated carbocycles. The number of nitrogens with zero attached hydrogens (tertiary/aromatic N) is 1. The van der Waals surface area contributed by atoms with E-state index in [9.17, 15) is 5.11 Å². The maximum absolute atomic E-state index is 9.30. The van der Waals surface area contributed by atoms with Gasteiger partial charge < -0.3 is 10.4 Å². The zero-order valence-corrected chi connectivity index (χ0v) is 9.66. The molecule has 2 N–H and O–H groups in total. The summed E-state index contributed by atoms with van der Waals surface area (Å²) in [6, 6.07) is 0.892. The summed E-state index contributed by atoms with van der Waals surface area (Å²) in [5, 5.41) is 12.8. The number of hydrogen-bond acceptors (Lipinski definition) is 3. The molecule has 0 aromatic carbocycles. The van der Waals surface area contributed by atoms with Crippen LogP contribution in [-0.2, 0) is 0 Å². The van der Waals surface area contributed by atoms with Gasteiger partial charge in [0.15, 0.2) is 0 Å². The van der Waals surface area contributed by atoms with Crippen LogP contribution in [0.2, 0.25) is 0 Å². The molecule has 1 rings (SSSR count). The molecule has 0 bridgehead atoms. The second-order valence-electron chi connectivity index (χ2n) is 4.82. The molecule has 1 heterocycles. The zero-order valence-electron chi connectivity index (χ0n) is 9.66. The van der Waals surface area contributed by atoms with Crippen LogP contribution in [0.5, 0.6) is 0 Å². The minimum atomic E-state index is 0.270. The summed E-state index contributed by atoms with van der Waals surface area (Å²) >= 11 is 0. The SMILES string of the molecule is CC(C)CN1CCC(C)NCC1CO. The van der Waals surface area contributed by atoms with Crippen molar-refractivity contribution in [3.8, 4) is 0 Å². The van der Waals surface area contributed by atoms with Gasteiger partial charge in [-0.3, -0.25) is 4.90 Å². The molecule has 0 aromatic heterocycles. The lowest BCUT2D eigenvalue weighted by Gasteiger charge is -2.29. The maximum atomic E-state index is 9.30. The number of hydrogen-bond donors (Lipinski definition) is 2. The van der Waals surface area contributed by atoms with Crippen molar-refractivity contribution in [1.29, 1.82) is 0 Å². The van der Waals surface area contributed by atoms with Gasteiger partial charge >= 0.3 is 0 Å². The summed E-state index contributed by atoms with van der Waals surface area (Å²) in [4.78, 5) is 2.42. The van der Waals surface area contributed by atoms with Gasteiger partial charge in [0.2, 0.25) is 0 Å². The van der Waals surface area contributed by atoms with Crippen molar-refractivity contribution in [2.45, 2.75) is 39.3 Å². The highest BCUT2D eigenvalue weighted by Crippen LogP contribution is 2.10. The standard InChI is InChI=1S/C11H24N2O/c1-9(2)7-13-5-4-10(3)12-6-11(13)8-14/h9-12,14H,4-8H2,1-3H3. The Bertz CT molecular complexity index is 161. The summed E-state index contributed by atoms with van der Waals surface area (Å²) in [5.41, 5.74) is 0. The molecule has 14 heavy (non-hydrogen) atoms. The predicted molar refractivity (Wildman–Crippen MR) is 59.4 cm³/mol. The largest absolute Gasteiger partial charge is 0.395 e. The van der Waals surface area contributed by atoms with Crippen LogP contribution in [0.25, 0.3) is 0 Å². The summed E-state index contributed by atoms with van der Waals surface area (Å²) in [5.74, 6) is 0.678. The fraction of sp³-hybridized carbons (Fsp3) is 1.00. The molecule has 0 aliphatic carbocycles. The van der Waals surface area contributed by atoms with Crippen LogP contribution in [0.15, 0.2) is 0 Å². The highest BCUT2D eigenvalue weighted by atomic mass is 16.3. The molecule has 3 heteroatoms. The first-order valence-corrected chi connectivity index (χ1v) is 5.71. The molecule has 0 amide bonds. The van der Waals surface area contributed by atoms with E-state index in [2.05, 4.69) is 31.0 Å². The van der Waals surface area contributed by atoms with Crippen molar-refractivity contribution in [2.75, 3.05) is 26.2 Å². The van der Waals surface area contributed by atoms with Gasteiger partial charge in [-0.05, 0) is 19.3 Å². The first-order valence-electron chi connectivity index (χ1n) is 5.71. The summed E-state index contributed by atoms with van der Waals surface area (Å²) in [6.45, 7) is 10.1. The van der Waals surface area contributed by atoms with E-state index in [1.807, 2.05) is 0 Å². The molecule has 1 fully saturated rings. The average molecular weight is 200 g/mol. The van der Waals surface area contributed by atoms with Gasteiger partial charge in [0, 0.05) is 31.7 Å². The Labute approximate surface area is 87.5 Å². The monoisotopic (exact) mass is 200 g/mol. The number of nitrogens with one attached hydrogen (secondary N) is 1. The van der Waals surface area contributed by atoms with Crippen LogP contribution in [0.3, 0.4) is 0 Å². The minimum Gasteiger partial charge on any atom is -0.395 e. The number of aliphatic hydroxyl groups excluding tert-OH is 1. The van der Waals surface area contributed by atoms with E-state index in [0.717, 1.165) is 19.6 Å². The Morgan fingerprint density at radius 2 is 2.21 bits per heavy atom. The van der Waals surface area contributed by atoms with E-state index in [0.29, 0.717) is 18.0 Å². The van der Waals surface area contributed by atoms with Crippen LogP contribution in [0.1, 0.15) is 27.2 Å². The van der Waals surface area contributed by atoms with Gasteiger partial charge in [0.25, 0.3) is 0 Å². The molecule has 1 saturated heterocycles.